The van der Waals surface area contributed by atoms with E-state index in [1.54, 1.807) is 5.32 Å². The lowest BCUT2D eigenvalue weighted by atomic mass is 9.98. The first kappa shape index (κ1) is 32.0. The third-order valence-electron chi connectivity index (χ3n) is 5.02. The van der Waals surface area contributed by atoms with E-state index in [1.165, 1.54) is 24.4 Å². The van der Waals surface area contributed by atoms with E-state index in [9.17, 15) is 52.7 Å². The molecule has 0 bridgehead atoms. The fourth-order valence-electron chi connectivity index (χ4n) is 3.20. The fraction of sp³-hybridized carbons (Fsp3) is 0.364. The fourth-order valence-corrected chi connectivity index (χ4v) is 4.63. The summed E-state index contributed by atoms with van der Waals surface area (Å²) < 4.78 is 135. The van der Waals surface area contributed by atoms with E-state index < -0.39 is 58.0 Å². The average molecular weight is 592 g/mol. The summed E-state index contributed by atoms with van der Waals surface area (Å²) in [6.45, 7) is -3.08. The van der Waals surface area contributed by atoms with Crippen LogP contribution in [0.25, 0.3) is 5.57 Å². The molecule has 0 atom stereocenters. The monoisotopic (exact) mass is 592 g/mol. The van der Waals surface area contributed by atoms with Crippen LogP contribution in [0.5, 0.6) is 0 Å². The second-order valence-corrected chi connectivity index (χ2v) is 9.82. The van der Waals surface area contributed by atoms with Gasteiger partial charge < -0.3 is 11.1 Å². The standard InChI is InChI=1S/C20H17F6N3O3S.C2H4F3N/c21-19(22,23)12-28-18(30)17-16(5-2-8-27-17)13-6-9-29(10-7-13)33(31,32)15-4-1-3-14(11-15)20(24,25)26;3-2(4,5)1-6/h1-6,8,11H,7,9-10,12H2,(H,28,30);1,6H2. The van der Waals surface area contributed by atoms with E-state index in [1.807, 2.05) is 0 Å². The van der Waals surface area contributed by atoms with Crippen molar-refractivity contribution in [2.45, 2.75) is 29.8 Å². The minimum absolute atomic E-state index is 0.0729. The van der Waals surface area contributed by atoms with Crippen LogP contribution in [0, 0.1) is 0 Å². The summed E-state index contributed by atoms with van der Waals surface area (Å²) in [5.41, 5.74) is 3.56. The van der Waals surface area contributed by atoms with Gasteiger partial charge in [0, 0.05) is 24.8 Å². The third kappa shape index (κ3) is 9.50. The first-order valence-corrected chi connectivity index (χ1v) is 12.2. The molecule has 0 fully saturated rings. The van der Waals surface area contributed by atoms with Gasteiger partial charge >= 0.3 is 18.5 Å². The van der Waals surface area contributed by atoms with Crippen molar-refractivity contribution in [3.05, 3.63) is 65.5 Å². The summed E-state index contributed by atoms with van der Waals surface area (Å²) in [4.78, 5) is 15.5. The minimum Gasteiger partial charge on any atom is -0.342 e. The molecular weight excluding hydrogens is 571 g/mol. The van der Waals surface area contributed by atoms with E-state index in [0.29, 0.717) is 11.6 Å². The van der Waals surface area contributed by atoms with Crippen LogP contribution >= 0.6 is 0 Å². The smallest absolute Gasteiger partial charge is 0.342 e. The third-order valence-corrected chi connectivity index (χ3v) is 6.88. The molecule has 1 amide bonds. The van der Waals surface area contributed by atoms with E-state index in [-0.39, 0.29) is 30.8 Å². The number of pyridine rings is 1. The van der Waals surface area contributed by atoms with Crippen molar-refractivity contribution in [3.63, 3.8) is 0 Å². The average Bonchev–Trinajstić information content (AvgIpc) is 2.86. The second-order valence-electron chi connectivity index (χ2n) is 7.88. The zero-order valence-corrected chi connectivity index (χ0v) is 20.5. The molecule has 39 heavy (non-hydrogen) atoms. The number of rotatable bonds is 5. The van der Waals surface area contributed by atoms with Crippen molar-refractivity contribution < 1.29 is 52.7 Å². The van der Waals surface area contributed by atoms with Gasteiger partial charge in [0.25, 0.3) is 5.91 Å². The Hall–Kier alpha value is -3.18. The van der Waals surface area contributed by atoms with Crippen LogP contribution in [0.2, 0.25) is 0 Å². The van der Waals surface area contributed by atoms with Gasteiger partial charge in [0.05, 0.1) is 17.0 Å². The lowest BCUT2D eigenvalue weighted by molar-refractivity contribution is -0.137. The van der Waals surface area contributed by atoms with Gasteiger partial charge in [-0.2, -0.15) is 43.8 Å². The Labute approximate surface area is 216 Å². The molecule has 216 valence electrons. The molecule has 1 aliphatic heterocycles. The predicted molar refractivity (Wildman–Crippen MR) is 121 cm³/mol. The highest BCUT2D eigenvalue weighted by molar-refractivity contribution is 7.89. The summed E-state index contributed by atoms with van der Waals surface area (Å²) in [7, 11) is -4.23. The van der Waals surface area contributed by atoms with Crippen LogP contribution in [0.4, 0.5) is 39.5 Å². The molecule has 1 aromatic heterocycles. The Balaban J connectivity index is 0.000000798. The first-order chi connectivity index (χ1) is 17.8. The Morgan fingerprint density at radius 1 is 1.00 bits per heavy atom. The molecule has 3 N–H and O–H groups in total. The molecule has 0 saturated heterocycles. The van der Waals surface area contributed by atoms with Crippen LogP contribution in [0.3, 0.4) is 0 Å². The van der Waals surface area contributed by atoms with Gasteiger partial charge in [0.1, 0.15) is 12.2 Å². The number of hydrogen-bond acceptors (Lipinski definition) is 5. The molecule has 0 aliphatic carbocycles. The SMILES string of the molecule is NCC(F)(F)F.O=C(NCC(F)(F)F)c1ncccc1C1=CCN(S(=O)(=O)c2cccc(C(F)(F)F)c2)CC1. The van der Waals surface area contributed by atoms with Gasteiger partial charge in [-0.25, -0.2) is 8.42 Å². The number of halogens is 9. The number of amides is 1. The molecule has 1 aliphatic rings. The molecule has 1 aromatic carbocycles. The second kappa shape index (κ2) is 12.3. The lowest BCUT2D eigenvalue weighted by Crippen LogP contribution is -2.36. The van der Waals surface area contributed by atoms with Gasteiger partial charge in [0.2, 0.25) is 10.0 Å². The number of nitrogens with one attached hydrogen (secondary N) is 1. The number of benzene rings is 1. The van der Waals surface area contributed by atoms with Crippen LogP contribution in [-0.4, -0.2) is 62.1 Å². The number of carbonyl (C=O) groups is 1. The summed E-state index contributed by atoms with van der Waals surface area (Å²) >= 11 is 0. The lowest BCUT2D eigenvalue weighted by Gasteiger charge is -2.26. The number of hydrogen-bond donors (Lipinski definition) is 2. The zero-order chi connectivity index (χ0) is 29.6. The zero-order valence-electron chi connectivity index (χ0n) is 19.7. The van der Waals surface area contributed by atoms with Crippen LogP contribution in [0.1, 0.15) is 28.0 Å². The van der Waals surface area contributed by atoms with Crippen LogP contribution < -0.4 is 11.1 Å². The summed E-state index contributed by atoms with van der Waals surface area (Å²) in [5, 5.41) is 1.74. The summed E-state index contributed by atoms with van der Waals surface area (Å²) in [6, 6.07) is 6.33. The maximum atomic E-state index is 12.9. The summed E-state index contributed by atoms with van der Waals surface area (Å²) in [6.07, 6.45) is -10.7. The van der Waals surface area contributed by atoms with Crippen molar-refractivity contribution in [2.75, 3.05) is 26.2 Å². The highest BCUT2D eigenvalue weighted by atomic mass is 32.2. The number of carbonyl (C=O) groups excluding carboxylic acids is 1. The van der Waals surface area contributed by atoms with E-state index >= 15 is 0 Å². The van der Waals surface area contributed by atoms with E-state index in [2.05, 4.69) is 10.7 Å². The largest absolute Gasteiger partial charge is 0.416 e. The highest BCUT2D eigenvalue weighted by Gasteiger charge is 2.34. The maximum Gasteiger partial charge on any atom is 0.416 e. The number of nitrogens with zero attached hydrogens (tertiary/aromatic N) is 2. The molecule has 2 heterocycles. The van der Waals surface area contributed by atoms with Crippen molar-refractivity contribution in [1.29, 1.82) is 0 Å². The number of alkyl halides is 9. The molecule has 17 heteroatoms. The molecule has 0 radical (unpaired) electrons. The Bertz CT molecular complexity index is 1290. The molecule has 0 saturated carbocycles. The van der Waals surface area contributed by atoms with Gasteiger partial charge in [0.15, 0.2) is 0 Å². The topological polar surface area (TPSA) is 105 Å². The van der Waals surface area contributed by atoms with Crippen molar-refractivity contribution >= 4 is 21.5 Å². The normalized spacial score (nSPS) is 15.2. The van der Waals surface area contributed by atoms with Gasteiger partial charge in [-0.15, -0.1) is 0 Å². The number of aromatic nitrogens is 1. The first-order valence-electron chi connectivity index (χ1n) is 10.8. The minimum atomic E-state index is -4.70. The predicted octanol–water partition coefficient (Wildman–Crippen LogP) is 4.38. The number of sulfonamides is 1. The Morgan fingerprint density at radius 3 is 2.15 bits per heavy atom. The van der Waals surface area contributed by atoms with Crippen LogP contribution in [0.15, 0.2) is 53.6 Å². The quantitative estimate of drug-likeness (QED) is 0.502. The van der Waals surface area contributed by atoms with Crippen LogP contribution in [-0.2, 0) is 16.2 Å². The molecule has 7 nitrogen and oxygen atoms in total. The van der Waals surface area contributed by atoms with Gasteiger partial charge in [-0.1, -0.05) is 18.2 Å². The number of nitrogens with two attached hydrogens (primary N) is 1. The Morgan fingerprint density at radius 2 is 1.64 bits per heavy atom. The van der Waals surface area contributed by atoms with Crippen molar-refractivity contribution in [1.82, 2.24) is 14.6 Å². The molecule has 0 unspecified atom stereocenters. The molecule has 0 spiro atoms. The van der Waals surface area contributed by atoms with E-state index in [4.69, 9.17) is 0 Å². The highest BCUT2D eigenvalue weighted by Crippen LogP contribution is 2.32. The summed E-state index contributed by atoms with van der Waals surface area (Å²) in [5.74, 6) is -1.04. The molecule has 3 rings (SSSR count). The molecular formula is C22H21F9N4O3S. The Kier molecular flexibility index (Phi) is 10.1. The van der Waals surface area contributed by atoms with Crippen molar-refractivity contribution in [2.24, 2.45) is 5.73 Å². The van der Waals surface area contributed by atoms with Crippen molar-refractivity contribution in [3.8, 4) is 0 Å². The van der Waals surface area contributed by atoms with Gasteiger partial charge in [-0.05, 0) is 36.3 Å². The molecule has 2 aromatic rings. The maximum absolute atomic E-state index is 12.9. The van der Waals surface area contributed by atoms with E-state index in [0.717, 1.165) is 22.5 Å². The van der Waals surface area contributed by atoms with Gasteiger partial charge in [-0.3, -0.25) is 9.78 Å².